The molecule has 0 spiro atoms. The molecular formula is C18H22N4O3. The van der Waals surface area contributed by atoms with E-state index in [-0.39, 0.29) is 11.5 Å². The molecule has 1 aromatic carbocycles. The highest BCUT2D eigenvalue weighted by Gasteiger charge is 2.23. The summed E-state index contributed by atoms with van der Waals surface area (Å²) in [6.07, 6.45) is 2.42. The Labute approximate surface area is 145 Å². The molecule has 1 aliphatic carbocycles. The average molecular weight is 342 g/mol. The highest BCUT2D eigenvalue weighted by molar-refractivity contribution is 5.78. The zero-order valence-electron chi connectivity index (χ0n) is 14.1. The number of benzene rings is 1. The number of aromatic nitrogens is 2. The van der Waals surface area contributed by atoms with E-state index in [4.69, 9.17) is 4.74 Å². The smallest absolute Gasteiger partial charge is 0.294 e. The number of carbonyl (C=O) groups excluding carboxylic acids is 1. The third-order valence-electron chi connectivity index (χ3n) is 4.65. The van der Waals surface area contributed by atoms with Crippen molar-refractivity contribution in [3.8, 4) is 0 Å². The van der Waals surface area contributed by atoms with E-state index < -0.39 is 0 Å². The van der Waals surface area contributed by atoms with Crippen molar-refractivity contribution in [2.24, 2.45) is 0 Å². The fourth-order valence-electron chi connectivity index (χ4n) is 3.12. The quantitative estimate of drug-likeness (QED) is 0.874. The standard InChI is InChI=1S/C18H22N4O3/c23-16(19-13-5-6-13)7-8-22-15-4-2-1-3-14(15)20-17(18(22)24)21-9-11-25-12-10-21/h1-4,13H,5-12H2,(H,19,23). The van der Waals surface area contributed by atoms with Crippen LogP contribution in [0.1, 0.15) is 19.3 Å². The van der Waals surface area contributed by atoms with Crippen molar-refractivity contribution in [2.75, 3.05) is 31.2 Å². The van der Waals surface area contributed by atoms with Crippen molar-refractivity contribution >= 4 is 22.8 Å². The Morgan fingerprint density at radius 1 is 1.24 bits per heavy atom. The monoisotopic (exact) mass is 342 g/mol. The number of amides is 1. The molecule has 2 aromatic rings. The number of ether oxygens (including phenoxy) is 1. The summed E-state index contributed by atoms with van der Waals surface area (Å²) in [5, 5.41) is 2.97. The van der Waals surface area contributed by atoms with E-state index in [1.54, 1.807) is 4.57 Å². The summed E-state index contributed by atoms with van der Waals surface area (Å²) in [6, 6.07) is 7.92. The van der Waals surface area contributed by atoms with E-state index in [0.717, 1.165) is 23.9 Å². The van der Waals surface area contributed by atoms with Crippen molar-refractivity contribution in [1.82, 2.24) is 14.9 Å². The van der Waals surface area contributed by atoms with Crippen LogP contribution in [0.15, 0.2) is 29.1 Å². The summed E-state index contributed by atoms with van der Waals surface area (Å²) < 4.78 is 7.05. The van der Waals surface area contributed by atoms with Gasteiger partial charge in [-0.25, -0.2) is 4.98 Å². The molecule has 2 aliphatic rings. The molecular weight excluding hydrogens is 320 g/mol. The Bertz CT molecular complexity index is 838. The van der Waals surface area contributed by atoms with Crippen LogP contribution in [0.25, 0.3) is 11.0 Å². The Balaban J connectivity index is 1.66. The molecule has 1 N–H and O–H groups in total. The summed E-state index contributed by atoms with van der Waals surface area (Å²) in [7, 11) is 0. The molecule has 0 atom stereocenters. The van der Waals surface area contributed by atoms with Crippen LogP contribution in [0.2, 0.25) is 0 Å². The third kappa shape index (κ3) is 3.51. The largest absolute Gasteiger partial charge is 0.378 e. The van der Waals surface area contributed by atoms with Crippen molar-refractivity contribution in [1.29, 1.82) is 0 Å². The SMILES string of the molecule is O=C(CCn1c(=O)c(N2CCOCC2)nc2ccccc21)NC1CC1. The molecule has 2 heterocycles. The molecule has 1 aliphatic heterocycles. The molecule has 1 aromatic heterocycles. The molecule has 132 valence electrons. The molecule has 1 saturated carbocycles. The first-order valence-corrected chi connectivity index (χ1v) is 8.84. The fraction of sp³-hybridized carbons (Fsp3) is 0.500. The predicted octanol–water partition coefficient (Wildman–Crippen LogP) is 0.902. The summed E-state index contributed by atoms with van der Waals surface area (Å²) in [5.74, 6) is 0.452. The van der Waals surface area contributed by atoms with Crippen molar-refractivity contribution in [3.05, 3.63) is 34.6 Å². The van der Waals surface area contributed by atoms with Gasteiger partial charge in [-0.2, -0.15) is 0 Å². The number of carbonyl (C=O) groups is 1. The van der Waals surface area contributed by atoms with E-state index in [1.807, 2.05) is 29.2 Å². The van der Waals surface area contributed by atoms with Crippen LogP contribution >= 0.6 is 0 Å². The van der Waals surface area contributed by atoms with Gasteiger partial charge in [0.1, 0.15) is 0 Å². The molecule has 7 nitrogen and oxygen atoms in total. The lowest BCUT2D eigenvalue weighted by Crippen LogP contribution is -2.41. The van der Waals surface area contributed by atoms with E-state index in [1.165, 1.54) is 0 Å². The van der Waals surface area contributed by atoms with Gasteiger partial charge in [0, 0.05) is 32.1 Å². The van der Waals surface area contributed by atoms with Gasteiger partial charge in [-0.1, -0.05) is 12.1 Å². The number of rotatable bonds is 5. The van der Waals surface area contributed by atoms with Crippen LogP contribution in [0.5, 0.6) is 0 Å². The summed E-state index contributed by atoms with van der Waals surface area (Å²) in [4.78, 5) is 31.6. The highest BCUT2D eigenvalue weighted by atomic mass is 16.5. The molecule has 0 radical (unpaired) electrons. The second-order valence-corrected chi connectivity index (χ2v) is 6.57. The lowest BCUT2D eigenvalue weighted by Gasteiger charge is -2.28. The Kier molecular flexibility index (Phi) is 4.40. The first-order chi connectivity index (χ1) is 12.2. The van der Waals surface area contributed by atoms with E-state index in [2.05, 4.69) is 10.3 Å². The van der Waals surface area contributed by atoms with Crippen molar-refractivity contribution < 1.29 is 9.53 Å². The molecule has 0 bridgehead atoms. The number of hydrogen-bond acceptors (Lipinski definition) is 5. The van der Waals surface area contributed by atoms with Gasteiger partial charge in [0.2, 0.25) is 5.91 Å². The third-order valence-corrected chi connectivity index (χ3v) is 4.65. The van der Waals surface area contributed by atoms with E-state index in [0.29, 0.717) is 51.1 Å². The van der Waals surface area contributed by atoms with Crippen LogP contribution in [-0.2, 0) is 16.1 Å². The number of morpholine rings is 1. The second kappa shape index (κ2) is 6.84. The Morgan fingerprint density at radius 3 is 2.76 bits per heavy atom. The summed E-state index contributed by atoms with van der Waals surface area (Å²) in [6.45, 7) is 2.86. The number of hydrogen-bond donors (Lipinski definition) is 1. The van der Waals surface area contributed by atoms with Crippen molar-refractivity contribution in [3.63, 3.8) is 0 Å². The topological polar surface area (TPSA) is 76.5 Å². The van der Waals surface area contributed by atoms with Crippen LogP contribution in [-0.4, -0.2) is 47.8 Å². The van der Waals surface area contributed by atoms with Gasteiger partial charge in [0.05, 0.1) is 24.2 Å². The lowest BCUT2D eigenvalue weighted by molar-refractivity contribution is -0.121. The number of anilines is 1. The first kappa shape index (κ1) is 16.1. The van der Waals surface area contributed by atoms with Gasteiger partial charge >= 0.3 is 0 Å². The minimum atomic E-state index is -0.139. The normalized spacial score (nSPS) is 17.7. The molecule has 1 amide bonds. The average Bonchev–Trinajstić information content (AvgIpc) is 3.45. The molecule has 25 heavy (non-hydrogen) atoms. The maximum absolute atomic E-state index is 13.0. The number of nitrogens with zero attached hydrogens (tertiary/aromatic N) is 3. The van der Waals surface area contributed by atoms with Gasteiger partial charge in [-0.15, -0.1) is 0 Å². The minimum absolute atomic E-state index is 0.00298. The molecule has 7 heteroatoms. The van der Waals surface area contributed by atoms with Crippen LogP contribution in [0.4, 0.5) is 5.82 Å². The van der Waals surface area contributed by atoms with Gasteiger partial charge in [0.25, 0.3) is 5.56 Å². The molecule has 0 unspecified atom stereocenters. The number of para-hydroxylation sites is 2. The minimum Gasteiger partial charge on any atom is -0.378 e. The number of fused-ring (bicyclic) bond motifs is 1. The van der Waals surface area contributed by atoms with E-state index in [9.17, 15) is 9.59 Å². The van der Waals surface area contributed by atoms with E-state index >= 15 is 0 Å². The molecule has 1 saturated heterocycles. The van der Waals surface area contributed by atoms with Crippen LogP contribution in [0, 0.1) is 0 Å². The van der Waals surface area contributed by atoms with Gasteiger partial charge in [-0.05, 0) is 25.0 Å². The van der Waals surface area contributed by atoms with Gasteiger partial charge in [-0.3, -0.25) is 9.59 Å². The van der Waals surface area contributed by atoms with Gasteiger partial charge < -0.3 is 19.5 Å². The highest BCUT2D eigenvalue weighted by Crippen LogP contribution is 2.19. The maximum Gasteiger partial charge on any atom is 0.294 e. The fourth-order valence-corrected chi connectivity index (χ4v) is 3.12. The number of aryl methyl sites for hydroxylation is 1. The van der Waals surface area contributed by atoms with Crippen LogP contribution in [0.3, 0.4) is 0 Å². The van der Waals surface area contributed by atoms with Crippen LogP contribution < -0.4 is 15.8 Å². The zero-order valence-corrected chi connectivity index (χ0v) is 14.1. The first-order valence-electron chi connectivity index (χ1n) is 8.84. The molecule has 2 fully saturated rings. The summed E-state index contributed by atoms with van der Waals surface area (Å²) >= 11 is 0. The Hall–Kier alpha value is -2.41. The zero-order chi connectivity index (χ0) is 17.2. The van der Waals surface area contributed by atoms with Crippen molar-refractivity contribution in [2.45, 2.75) is 31.8 Å². The predicted molar refractivity (Wildman–Crippen MR) is 94.8 cm³/mol. The second-order valence-electron chi connectivity index (χ2n) is 6.57. The summed E-state index contributed by atoms with van der Waals surface area (Å²) in [5.41, 5.74) is 1.40. The van der Waals surface area contributed by atoms with Gasteiger partial charge in [0.15, 0.2) is 5.82 Å². The Morgan fingerprint density at radius 2 is 2.00 bits per heavy atom. The maximum atomic E-state index is 13.0. The lowest BCUT2D eigenvalue weighted by atomic mass is 10.2. The molecule has 4 rings (SSSR count). The number of nitrogens with one attached hydrogen (secondary N) is 1.